The maximum absolute atomic E-state index is 12.7. The van der Waals surface area contributed by atoms with E-state index in [4.69, 9.17) is 5.73 Å². The monoisotopic (exact) mass is 389 g/mol. The molecule has 0 aliphatic heterocycles. The van der Waals surface area contributed by atoms with E-state index >= 15 is 0 Å². The molecule has 0 aromatic heterocycles. The maximum Gasteiger partial charge on any atom is 0.250 e. The van der Waals surface area contributed by atoms with Crippen LogP contribution in [-0.4, -0.2) is 32.5 Å². The van der Waals surface area contributed by atoms with Gasteiger partial charge in [-0.1, -0.05) is 18.2 Å². The molecule has 144 valence electrons. The van der Waals surface area contributed by atoms with Crippen LogP contribution in [0, 0.1) is 13.8 Å². The summed E-state index contributed by atoms with van der Waals surface area (Å²) >= 11 is 0. The van der Waals surface area contributed by atoms with Gasteiger partial charge >= 0.3 is 0 Å². The number of nitrogens with one attached hydrogen (secondary N) is 1. The van der Waals surface area contributed by atoms with E-state index in [1.54, 1.807) is 30.3 Å². The van der Waals surface area contributed by atoms with Crippen LogP contribution in [0.15, 0.2) is 42.5 Å². The average molecular weight is 389 g/mol. The van der Waals surface area contributed by atoms with Gasteiger partial charge in [0.2, 0.25) is 15.9 Å². The number of carbonyl (C=O) groups is 2. The quantitative estimate of drug-likeness (QED) is 0.789. The van der Waals surface area contributed by atoms with Gasteiger partial charge in [0, 0.05) is 0 Å². The molecule has 0 spiro atoms. The molecule has 0 saturated heterocycles. The molecular weight excluding hydrogens is 366 g/mol. The van der Waals surface area contributed by atoms with Crippen molar-refractivity contribution in [2.45, 2.75) is 26.8 Å². The van der Waals surface area contributed by atoms with E-state index < -0.39 is 27.9 Å². The van der Waals surface area contributed by atoms with Crippen molar-refractivity contribution in [1.29, 1.82) is 0 Å². The molecule has 0 aliphatic carbocycles. The summed E-state index contributed by atoms with van der Waals surface area (Å²) in [6.07, 6.45) is 1.04. The van der Waals surface area contributed by atoms with Crippen molar-refractivity contribution in [3.05, 3.63) is 59.2 Å². The maximum atomic E-state index is 12.7. The van der Waals surface area contributed by atoms with Crippen molar-refractivity contribution in [2.75, 3.05) is 15.9 Å². The van der Waals surface area contributed by atoms with Gasteiger partial charge in [0.1, 0.15) is 6.04 Å². The molecule has 0 radical (unpaired) electrons. The second-order valence-corrected chi connectivity index (χ2v) is 8.26. The van der Waals surface area contributed by atoms with Crippen molar-refractivity contribution in [2.24, 2.45) is 5.73 Å². The number of aryl methyl sites for hydroxylation is 2. The summed E-state index contributed by atoms with van der Waals surface area (Å²) in [5, 5.41) is 2.59. The summed E-state index contributed by atoms with van der Waals surface area (Å²) < 4.78 is 25.8. The Hall–Kier alpha value is -2.87. The fourth-order valence-electron chi connectivity index (χ4n) is 2.72. The number of para-hydroxylation sites is 1. The van der Waals surface area contributed by atoms with Gasteiger partial charge in [-0.3, -0.25) is 13.9 Å². The third-order valence-corrected chi connectivity index (χ3v) is 5.53. The summed E-state index contributed by atoms with van der Waals surface area (Å²) in [5.41, 5.74) is 8.02. The van der Waals surface area contributed by atoms with Gasteiger partial charge in [-0.15, -0.1) is 0 Å². The van der Waals surface area contributed by atoms with E-state index in [9.17, 15) is 18.0 Å². The van der Waals surface area contributed by atoms with E-state index in [1.807, 2.05) is 13.8 Å². The normalized spacial score (nSPS) is 12.3. The molecule has 2 rings (SSSR count). The minimum Gasteiger partial charge on any atom is -0.366 e. The highest BCUT2D eigenvalue weighted by atomic mass is 32.2. The molecule has 1 atom stereocenters. The molecule has 0 saturated carbocycles. The molecule has 0 bridgehead atoms. The minimum atomic E-state index is -3.73. The molecular formula is C19H23N3O4S. The number of sulfonamides is 1. The third-order valence-electron chi connectivity index (χ3n) is 4.28. The molecule has 3 N–H and O–H groups in total. The summed E-state index contributed by atoms with van der Waals surface area (Å²) in [6.45, 7) is 5.27. The number of nitrogens with two attached hydrogens (primary N) is 1. The summed E-state index contributed by atoms with van der Waals surface area (Å²) in [4.78, 5) is 24.3. The van der Waals surface area contributed by atoms with E-state index in [1.165, 1.54) is 19.1 Å². The predicted molar refractivity (Wildman–Crippen MR) is 106 cm³/mol. The fourth-order valence-corrected chi connectivity index (χ4v) is 3.88. The molecule has 27 heavy (non-hydrogen) atoms. The van der Waals surface area contributed by atoms with Crippen molar-refractivity contribution in [1.82, 2.24) is 0 Å². The predicted octanol–water partition coefficient (Wildman–Crippen LogP) is 2.20. The smallest absolute Gasteiger partial charge is 0.250 e. The Morgan fingerprint density at radius 2 is 1.70 bits per heavy atom. The van der Waals surface area contributed by atoms with Crippen molar-refractivity contribution in [3.8, 4) is 0 Å². The number of hydrogen-bond donors (Lipinski definition) is 2. The molecule has 0 unspecified atom stereocenters. The zero-order valence-electron chi connectivity index (χ0n) is 15.7. The van der Waals surface area contributed by atoms with Crippen molar-refractivity contribution in [3.63, 3.8) is 0 Å². The topological polar surface area (TPSA) is 110 Å². The number of nitrogens with zero attached hydrogens (tertiary/aromatic N) is 1. The van der Waals surface area contributed by atoms with Gasteiger partial charge in [0.05, 0.1) is 23.2 Å². The highest BCUT2D eigenvalue weighted by molar-refractivity contribution is 7.92. The van der Waals surface area contributed by atoms with Crippen molar-refractivity contribution < 1.29 is 18.0 Å². The number of rotatable bonds is 6. The first kappa shape index (κ1) is 20.4. The lowest BCUT2D eigenvalue weighted by Gasteiger charge is -2.29. The lowest BCUT2D eigenvalue weighted by molar-refractivity contribution is -0.116. The molecule has 2 aromatic rings. The fraction of sp³-hybridized carbons (Fsp3) is 0.263. The average Bonchev–Trinajstić information content (AvgIpc) is 2.57. The highest BCUT2D eigenvalue weighted by Crippen LogP contribution is 2.24. The Morgan fingerprint density at radius 1 is 1.07 bits per heavy atom. The van der Waals surface area contributed by atoms with Gasteiger partial charge in [0.25, 0.3) is 5.91 Å². The van der Waals surface area contributed by atoms with Gasteiger partial charge in [0.15, 0.2) is 0 Å². The zero-order valence-corrected chi connectivity index (χ0v) is 16.5. The van der Waals surface area contributed by atoms with Crippen LogP contribution in [0.1, 0.15) is 28.4 Å². The molecule has 0 fully saturated rings. The van der Waals surface area contributed by atoms with E-state index in [0.29, 0.717) is 5.69 Å². The molecule has 0 aliphatic rings. The van der Waals surface area contributed by atoms with Gasteiger partial charge in [-0.05, 0) is 56.2 Å². The molecule has 0 heterocycles. The first-order valence-corrected chi connectivity index (χ1v) is 10.1. The summed E-state index contributed by atoms with van der Waals surface area (Å²) in [5.74, 6) is -1.26. The minimum absolute atomic E-state index is 0.148. The van der Waals surface area contributed by atoms with Gasteiger partial charge in [-0.25, -0.2) is 8.42 Å². The van der Waals surface area contributed by atoms with Crippen LogP contribution in [-0.2, 0) is 14.8 Å². The van der Waals surface area contributed by atoms with Crippen LogP contribution in [0.25, 0.3) is 0 Å². The molecule has 8 heteroatoms. The van der Waals surface area contributed by atoms with Gasteiger partial charge in [-0.2, -0.15) is 0 Å². The SMILES string of the molecule is Cc1ccc(N([C@@H](C)C(=O)Nc2ccccc2C(N)=O)S(C)(=O)=O)cc1C. The van der Waals surface area contributed by atoms with Crippen LogP contribution in [0.5, 0.6) is 0 Å². The van der Waals surface area contributed by atoms with Crippen LogP contribution >= 0.6 is 0 Å². The number of anilines is 2. The number of primary amides is 1. The van der Waals surface area contributed by atoms with Crippen LogP contribution in [0.4, 0.5) is 11.4 Å². The second kappa shape index (κ2) is 7.79. The Morgan fingerprint density at radius 3 is 2.26 bits per heavy atom. The zero-order chi connectivity index (χ0) is 20.4. The Bertz CT molecular complexity index is 986. The lowest BCUT2D eigenvalue weighted by Crippen LogP contribution is -2.45. The Kier molecular flexibility index (Phi) is 5.90. The number of benzene rings is 2. The number of carbonyl (C=O) groups excluding carboxylic acids is 2. The molecule has 7 nitrogen and oxygen atoms in total. The molecule has 2 aromatic carbocycles. The Balaban J connectivity index is 2.39. The Labute approximate surface area is 159 Å². The summed E-state index contributed by atoms with van der Waals surface area (Å²) in [6, 6.07) is 10.4. The van der Waals surface area contributed by atoms with Crippen molar-refractivity contribution >= 4 is 33.2 Å². The van der Waals surface area contributed by atoms with E-state index in [0.717, 1.165) is 21.7 Å². The standard InChI is InChI=1S/C19H23N3O4S/c1-12-9-10-15(11-13(12)2)22(27(4,25)26)14(3)19(24)21-17-8-6-5-7-16(17)18(20)23/h5-11,14H,1-4H3,(H2,20,23)(H,21,24)/t14-/m0/s1. The first-order chi connectivity index (χ1) is 12.5. The summed E-state index contributed by atoms with van der Waals surface area (Å²) in [7, 11) is -3.73. The van der Waals surface area contributed by atoms with Gasteiger partial charge < -0.3 is 11.1 Å². The first-order valence-electron chi connectivity index (χ1n) is 8.28. The van der Waals surface area contributed by atoms with Crippen LogP contribution < -0.4 is 15.4 Å². The number of amides is 2. The van der Waals surface area contributed by atoms with Crippen LogP contribution in [0.3, 0.4) is 0 Å². The second-order valence-electron chi connectivity index (χ2n) is 6.40. The highest BCUT2D eigenvalue weighted by Gasteiger charge is 2.29. The third kappa shape index (κ3) is 4.65. The number of hydrogen-bond acceptors (Lipinski definition) is 4. The lowest BCUT2D eigenvalue weighted by atomic mass is 10.1. The van der Waals surface area contributed by atoms with E-state index in [2.05, 4.69) is 5.32 Å². The van der Waals surface area contributed by atoms with Crippen LogP contribution in [0.2, 0.25) is 0 Å². The largest absolute Gasteiger partial charge is 0.366 e. The molecule has 2 amide bonds. The van der Waals surface area contributed by atoms with E-state index in [-0.39, 0.29) is 11.3 Å².